The molecule has 0 aliphatic heterocycles. The van der Waals surface area contributed by atoms with Crippen LogP contribution in [0, 0.1) is 11.7 Å². The second-order valence-corrected chi connectivity index (χ2v) is 5.34. The first-order valence-corrected chi connectivity index (χ1v) is 7.67. The lowest BCUT2D eigenvalue weighted by Gasteiger charge is -2.23. The van der Waals surface area contributed by atoms with Gasteiger partial charge in [0.2, 0.25) is 0 Å². The van der Waals surface area contributed by atoms with Crippen LogP contribution in [0.2, 0.25) is 0 Å². The predicted molar refractivity (Wildman–Crippen MR) is 81.0 cm³/mol. The maximum absolute atomic E-state index is 14.0. The van der Waals surface area contributed by atoms with Gasteiger partial charge < -0.3 is 5.32 Å². The summed E-state index contributed by atoms with van der Waals surface area (Å²) in [6, 6.07) is 7.23. The normalized spacial score (nSPS) is 12.9. The first-order chi connectivity index (χ1) is 9.22. The van der Waals surface area contributed by atoms with E-state index in [0.717, 1.165) is 31.5 Å². The van der Waals surface area contributed by atoms with Gasteiger partial charge in [-0.1, -0.05) is 51.8 Å². The molecule has 1 rings (SSSR count). The lowest BCUT2D eigenvalue weighted by Crippen LogP contribution is -2.24. The average Bonchev–Trinajstić information content (AvgIpc) is 2.44. The molecule has 1 N–H and O–H groups in total. The molecule has 1 aromatic rings. The highest BCUT2D eigenvalue weighted by Gasteiger charge is 2.18. The Morgan fingerprint density at radius 1 is 1.11 bits per heavy atom. The van der Waals surface area contributed by atoms with E-state index < -0.39 is 0 Å². The van der Waals surface area contributed by atoms with Gasteiger partial charge in [-0.15, -0.1) is 0 Å². The third-order valence-electron chi connectivity index (χ3n) is 3.94. The van der Waals surface area contributed by atoms with Crippen LogP contribution in [0.1, 0.15) is 57.9 Å². The van der Waals surface area contributed by atoms with Gasteiger partial charge in [0.05, 0.1) is 0 Å². The van der Waals surface area contributed by atoms with Gasteiger partial charge in [0.25, 0.3) is 0 Å². The zero-order valence-electron chi connectivity index (χ0n) is 12.6. The minimum absolute atomic E-state index is 0.0586. The third kappa shape index (κ3) is 5.32. The Morgan fingerprint density at radius 3 is 2.37 bits per heavy atom. The van der Waals surface area contributed by atoms with Gasteiger partial charge in [-0.3, -0.25) is 0 Å². The molecule has 0 aliphatic carbocycles. The highest BCUT2D eigenvalue weighted by atomic mass is 19.1. The van der Waals surface area contributed by atoms with E-state index in [1.165, 1.54) is 12.8 Å². The summed E-state index contributed by atoms with van der Waals surface area (Å²) in [4.78, 5) is 0. The van der Waals surface area contributed by atoms with Gasteiger partial charge in [0.15, 0.2) is 0 Å². The van der Waals surface area contributed by atoms with Crippen LogP contribution in [0.5, 0.6) is 0 Å². The fourth-order valence-corrected chi connectivity index (χ4v) is 2.60. The lowest BCUT2D eigenvalue weighted by atomic mass is 9.86. The van der Waals surface area contributed by atoms with Crippen molar-refractivity contribution in [2.45, 2.75) is 52.4 Å². The monoisotopic (exact) mass is 265 g/mol. The van der Waals surface area contributed by atoms with E-state index in [1.54, 1.807) is 12.1 Å². The fourth-order valence-electron chi connectivity index (χ4n) is 2.60. The first kappa shape index (κ1) is 16.2. The molecule has 0 fully saturated rings. The molecule has 1 atom stereocenters. The largest absolute Gasteiger partial charge is 0.316 e. The van der Waals surface area contributed by atoms with Gasteiger partial charge in [0.1, 0.15) is 5.82 Å². The van der Waals surface area contributed by atoms with E-state index >= 15 is 0 Å². The first-order valence-electron chi connectivity index (χ1n) is 7.67. The predicted octanol–water partition coefficient (Wildman–Crippen LogP) is 4.74. The van der Waals surface area contributed by atoms with Crippen LogP contribution >= 0.6 is 0 Å². The molecule has 0 radical (unpaired) electrons. The number of hydrogen-bond acceptors (Lipinski definition) is 1. The molecule has 0 saturated heterocycles. The van der Waals surface area contributed by atoms with Gasteiger partial charge in [0, 0.05) is 6.54 Å². The number of benzene rings is 1. The molecule has 1 aromatic carbocycles. The standard InChI is InChI=1S/C17H28FN/c1-4-11-19-13-15(12-14(5-2)6-3)16-9-7-8-10-17(16)18/h7-10,14-15,19H,4-6,11-13H2,1-3H3. The van der Waals surface area contributed by atoms with E-state index in [2.05, 4.69) is 26.1 Å². The molecule has 0 saturated carbocycles. The Morgan fingerprint density at radius 2 is 1.79 bits per heavy atom. The second-order valence-electron chi connectivity index (χ2n) is 5.34. The zero-order chi connectivity index (χ0) is 14.1. The summed E-state index contributed by atoms with van der Waals surface area (Å²) in [6.07, 6.45) is 4.55. The van der Waals surface area contributed by atoms with Gasteiger partial charge in [-0.05, 0) is 42.9 Å². The van der Waals surface area contributed by atoms with Crippen LogP contribution in [0.15, 0.2) is 24.3 Å². The van der Waals surface area contributed by atoms with Crippen molar-refractivity contribution in [3.05, 3.63) is 35.6 Å². The van der Waals surface area contributed by atoms with Crippen LogP contribution in [0.25, 0.3) is 0 Å². The molecule has 0 aromatic heterocycles. The summed E-state index contributed by atoms with van der Waals surface area (Å²) in [7, 11) is 0. The van der Waals surface area contributed by atoms with Crippen LogP contribution < -0.4 is 5.32 Å². The van der Waals surface area contributed by atoms with Crippen molar-refractivity contribution >= 4 is 0 Å². The summed E-state index contributed by atoms with van der Waals surface area (Å²) in [5.41, 5.74) is 0.873. The highest BCUT2D eigenvalue weighted by Crippen LogP contribution is 2.28. The Bertz CT molecular complexity index is 347. The van der Waals surface area contributed by atoms with E-state index in [4.69, 9.17) is 0 Å². The van der Waals surface area contributed by atoms with E-state index in [0.29, 0.717) is 5.92 Å². The maximum atomic E-state index is 14.0. The summed E-state index contributed by atoms with van der Waals surface area (Å²) >= 11 is 0. The summed E-state index contributed by atoms with van der Waals surface area (Å²) < 4.78 is 14.0. The van der Waals surface area contributed by atoms with Gasteiger partial charge in [-0.2, -0.15) is 0 Å². The summed E-state index contributed by atoms with van der Waals surface area (Å²) in [5.74, 6) is 0.919. The zero-order valence-corrected chi connectivity index (χ0v) is 12.6. The van der Waals surface area contributed by atoms with Crippen molar-refractivity contribution in [1.82, 2.24) is 5.32 Å². The highest BCUT2D eigenvalue weighted by molar-refractivity contribution is 5.22. The Balaban J connectivity index is 2.76. The number of halogens is 1. The molecular weight excluding hydrogens is 237 g/mol. The maximum Gasteiger partial charge on any atom is 0.126 e. The molecule has 0 bridgehead atoms. The molecule has 0 amide bonds. The minimum Gasteiger partial charge on any atom is -0.316 e. The summed E-state index contributed by atoms with van der Waals surface area (Å²) in [5, 5.41) is 3.45. The number of nitrogens with one attached hydrogen (secondary N) is 1. The smallest absolute Gasteiger partial charge is 0.126 e. The molecule has 0 aliphatic rings. The number of hydrogen-bond donors (Lipinski definition) is 1. The SMILES string of the molecule is CCCNCC(CC(CC)CC)c1ccccc1F. The topological polar surface area (TPSA) is 12.0 Å². The summed E-state index contributed by atoms with van der Waals surface area (Å²) in [6.45, 7) is 8.50. The molecular formula is C17H28FN. The van der Waals surface area contributed by atoms with Crippen LogP contribution in [0.3, 0.4) is 0 Å². The molecule has 0 spiro atoms. The quantitative estimate of drug-likeness (QED) is 0.636. The van der Waals surface area contributed by atoms with Crippen molar-refractivity contribution in [3.8, 4) is 0 Å². The molecule has 19 heavy (non-hydrogen) atoms. The second kappa shape index (κ2) is 9.08. The van der Waals surface area contributed by atoms with Gasteiger partial charge in [-0.25, -0.2) is 4.39 Å². The Labute approximate surface area is 117 Å². The molecule has 1 unspecified atom stereocenters. The molecule has 0 heterocycles. The molecule has 1 nitrogen and oxygen atoms in total. The molecule has 108 valence electrons. The average molecular weight is 265 g/mol. The fraction of sp³-hybridized carbons (Fsp3) is 0.647. The minimum atomic E-state index is -0.0586. The van der Waals surface area contributed by atoms with Crippen LogP contribution in [0.4, 0.5) is 4.39 Å². The van der Waals surface area contributed by atoms with Gasteiger partial charge >= 0.3 is 0 Å². The number of rotatable bonds is 9. The van der Waals surface area contributed by atoms with Crippen LogP contribution in [-0.4, -0.2) is 13.1 Å². The van der Waals surface area contributed by atoms with Crippen molar-refractivity contribution in [2.24, 2.45) is 5.92 Å². The van der Waals surface area contributed by atoms with E-state index in [-0.39, 0.29) is 11.7 Å². The Kier molecular flexibility index (Phi) is 7.73. The molecule has 2 heteroatoms. The van der Waals surface area contributed by atoms with E-state index in [1.807, 2.05) is 12.1 Å². The Hall–Kier alpha value is -0.890. The van der Waals surface area contributed by atoms with Crippen molar-refractivity contribution < 1.29 is 4.39 Å². The third-order valence-corrected chi connectivity index (χ3v) is 3.94. The van der Waals surface area contributed by atoms with Crippen molar-refractivity contribution in [1.29, 1.82) is 0 Å². The van der Waals surface area contributed by atoms with Crippen molar-refractivity contribution in [3.63, 3.8) is 0 Å². The lowest BCUT2D eigenvalue weighted by molar-refractivity contribution is 0.391. The van der Waals surface area contributed by atoms with Crippen LogP contribution in [-0.2, 0) is 0 Å². The van der Waals surface area contributed by atoms with Crippen molar-refractivity contribution in [2.75, 3.05) is 13.1 Å². The van der Waals surface area contributed by atoms with E-state index in [9.17, 15) is 4.39 Å².